The Kier molecular flexibility index (Phi) is 8.62. The molecular weight excluding hydrogens is 364 g/mol. The fraction of sp³-hybridized carbons (Fsp3) is 0.696. The Morgan fingerprint density at radius 3 is 2.66 bits per heavy atom. The highest BCUT2D eigenvalue weighted by Gasteiger charge is 2.24. The number of benzene rings is 1. The second-order valence-electron chi connectivity index (χ2n) is 8.41. The van der Waals surface area contributed by atoms with Crippen molar-refractivity contribution in [2.75, 3.05) is 45.9 Å². The third-order valence-corrected chi connectivity index (χ3v) is 5.68. The van der Waals surface area contributed by atoms with E-state index in [2.05, 4.69) is 48.4 Å². The molecule has 2 fully saturated rings. The van der Waals surface area contributed by atoms with Gasteiger partial charge >= 0.3 is 0 Å². The topological polar surface area (TPSA) is 58.1 Å². The highest BCUT2D eigenvalue weighted by Crippen LogP contribution is 2.18. The lowest BCUT2D eigenvalue weighted by molar-refractivity contribution is 0.150. The molecular formula is C23H38N4O2. The summed E-state index contributed by atoms with van der Waals surface area (Å²) in [4.78, 5) is 7.36. The van der Waals surface area contributed by atoms with Crippen molar-refractivity contribution in [3.05, 3.63) is 29.8 Å². The van der Waals surface area contributed by atoms with Gasteiger partial charge in [0.15, 0.2) is 5.96 Å². The minimum atomic E-state index is 0.0311. The van der Waals surface area contributed by atoms with Gasteiger partial charge in [-0.05, 0) is 58.1 Å². The van der Waals surface area contributed by atoms with Crippen LogP contribution in [0.1, 0.15) is 38.7 Å². The zero-order valence-corrected chi connectivity index (χ0v) is 18.3. The van der Waals surface area contributed by atoms with E-state index in [1.54, 1.807) is 0 Å². The van der Waals surface area contributed by atoms with Gasteiger partial charge in [-0.25, -0.2) is 4.99 Å². The van der Waals surface area contributed by atoms with Crippen LogP contribution in [0, 0.1) is 12.8 Å². The van der Waals surface area contributed by atoms with Gasteiger partial charge in [-0.15, -0.1) is 0 Å². The zero-order chi connectivity index (χ0) is 20.5. The fourth-order valence-corrected chi connectivity index (χ4v) is 3.97. The number of nitrogens with one attached hydrogen (secondary N) is 2. The summed E-state index contributed by atoms with van der Waals surface area (Å²) >= 11 is 0. The van der Waals surface area contributed by atoms with E-state index in [1.165, 1.54) is 18.5 Å². The van der Waals surface area contributed by atoms with Crippen molar-refractivity contribution in [2.24, 2.45) is 10.9 Å². The molecule has 2 heterocycles. The smallest absolute Gasteiger partial charge is 0.191 e. The molecule has 1 aromatic rings. The van der Waals surface area contributed by atoms with Crippen LogP contribution in [0.25, 0.3) is 0 Å². The van der Waals surface area contributed by atoms with E-state index < -0.39 is 0 Å². The van der Waals surface area contributed by atoms with Crippen molar-refractivity contribution in [1.29, 1.82) is 0 Å². The van der Waals surface area contributed by atoms with Crippen LogP contribution in [-0.2, 0) is 4.74 Å². The molecule has 2 aliphatic heterocycles. The maximum absolute atomic E-state index is 5.99. The van der Waals surface area contributed by atoms with Gasteiger partial charge in [-0.2, -0.15) is 0 Å². The van der Waals surface area contributed by atoms with Crippen molar-refractivity contribution in [3.8, 4) is 5.75 Å². The van der Waals surface area contributed by atoms with Crippen LogP contribution >= 0.6 is 0 Å². The molecule has 0 bridgehead atoms. The van der Waals surface area contributed by atoms with Gasteiger partial charge in [0.05, 0.1) is 13.2 Å². The average Bonchev–Trinajstić information content (AvgIpc) is 3.23. The summed E-state index contributed by atoms with van der Waals surface area (Å²) in [6.07, 6.45) is 3.57. The first kappa shape index (κ1) is 21.9. The molecule has 1 aromatic carbocycles. The van der Waals surface area contributed by atoms with Crippen LogP contribution in [0.3, 0.4) is 0 Å². The molecule has 2 N–H and O–H groups in total. The molecule has 0 radical (unpaired) electrons. The van der Waals surface area contributed by atoms with Gasteiger partial charge in [0.1, 0.15) is 11.9 Å². The molecule has 2 atom stereocenters. The molecule has 6 heteroatoms. The van der Waals surface area contributed by atoms with Crippen LogP contribution < -0.4 is 15.4 Å². The Labute approximate surface area is 176 Å². The molecule has 6 nitrogen and oxygen atoms in total. The number of nitrogens with zero attached hydrogens (tertiary/aromatic N) is 2. The summed E-state index contributed by atoms with van der Waals surface area (Å²) in [7, 11) is 0. The largest absolute Gasteiger partial charge is 0.489 e. The number of aryl methyl sites for hydroxylation is 1. The van der Waals surface area contributed by atoms with Gasteiger partial charge in [-0.1, -0.05) is 17.7 Å². The number of hydrogen-bond donors (Lipinski definition) is 2. The van der Waals surface area contributed by atoms with Crippen LogP contribution in [0.15, 0.2) is 29.3 Å². The number of ether oxygens (including phenoxy) is 2. The molecule has 2 saturated heterocycles. The summed E-state index contributed by atoms with van der Waals surface area (Å²) in [6, 6.07) is 8.67. The third kappa shape index (κ3) is 7.52. The summed E-state index contributed by atoms with van der Waals surface area (Å²) in [5.41, 5.74) is 1.24. The summed E-state index contributed by atoms with van der Waals surface area (Å²) in [5.74, 6) is 2.53. The Morgan fingerprint density at radius 1 is 1.24 bits per heavy atom. The van der Waals surface area contributed by atoms with Crippen molar-refractivity contribution in [2.45, 2.75) is 52.2 Å². The molecule has 0 amide bonds. The minimum absolute atomic E-state index is 0.0311. The molecule has 3 rings (SSSR count). The quantitative estimate of drug-likeness (QED) is 0.517. The molecule has 0 saturated carbocycles. The van der Waals surface area contributed by atoms with Gasteiger partial charge in [0.25, 0.3) is 0 Å². The predicted molar refractivity (Wildman–Crippen MR) is 119 cm³/mol. The Hall–Kier alpha value is -1.79. The minimum Gasteiger partial charge on any atom is -0.489 e. The lowest BCUT2D eigenvalue weighted by Crippen LogP contribution is -2.49. The van der Waals surface area contributed by atoms with Crippen LogP contribution in [-0.4, -0.2) is 68.9 Å². The summed E-state index contributed by atoms with van der Waals surface area (Å²) < 4.78 is 11.5. The monoisotopic (exact) mass is 402 g/mol. The average molecular weight is 403 g/mol. The Bertz CT molecular complexity index is 620. The van der Waals surface area contributed by atoms with Crippen LogP contribution in [0.5, 0.6) is 5.75 Å². The molecule has 2 aliphatic rings. The SMILES string of the molecule is CCNC(=NCC(C)Oc1ccc(C)cc1)NC1CCN(CC2CCOC2)CC1. The van der Waals surface area contributed by atoms with Crippen LogP contribution in [0.2, 0.25) is 0 Å². The molecule has 29 heavy (non-hydrogen) atoms. The van der Waals surface area contributed by atoms with E-state index in [9.17, 15) is 0 Å². The molecule has 0 spiro atoms. The fourth-order valence-electron chi connectivity index (χ4n) is 3.97. The maximum Gasteiger partial charge on any atom is 0.191 e. The Morgan fingerprint density at radius 2 is 2.00 bits per heavy atom. The number of guanidine groups is 1. The van der Waals surface area contributed by atoms with Crippen LogP contribution in [0.4, 0.5) is 0 Å². The van der Waals surface area contributed by atoms with E-state index in [4.69, 9.17) is 14.5 Å². The first-order chi connectivity index (χ1) is 14.1. The van der Waals surface area contributed by atoms with Crippen molar-refractivity contribution in [1.82, 2.24) is 15.5 Å². The maximum atomic E-state index is 5.99. The first-order valence-corrected chi connectivity index (χ1v) is 11.2. The van der Waals surface area contributed by atoms with Crippen molar-refractivity contribution >= 4 is 5.96 Å². The first-order valence-electron chi connectivity index (χ1n) is 11.2. The molecule has 162 valence electrons. The molecule has 2 unspecified atom stereocenters. The lowest BCUT2D eigenvalue weighted by atomic mass is 10.0. The van der Waals surface area contributed by atoms with E-state index in [0.29, 0.717) is 12.6 Å². The Balaban J connectivity index is 1.42. The third-order valence-electron chi connectivity index (χ3n) is 5.68. The van der Waals surface area contributed by atoms with E-state index in [-0.39, 0.29) is 6.10 Å². The van der Waals surface area contributed by atoms with E-state index in [1.807, 2.05) is 12.1 Å². The van der Waals surface area contributed by atoms with E-state index >= 15 is 0 Å². The van der Waals surface area contributed by atoms with Gasteiger partial charge in [0, 0.05) is 38.8 Å². The number of aliphatic imine (C=N–C) groups is 1. The highest BCUT2D eigenvalue weighted by molar-refractivity contribution is 5.80. The zero-order valence-electron chi connectivity index (χ0n) is 18.3. The van der Waals surface area contributed by atoms with Gasteiger partial charge in [-0.3, -0.25) is 0 Å². The second-order valence-corrected chi connectivity index (χ2v) is 8.41. The summed E-state index contributed by atoms with van der Waals surface area (Å²) in [5, 5.41) is 7.01. The number of hydrogen-bond acceptors (Lipinski definition) is 4. The summed E-state index contributed by atoms with van der Waals surface area (Å²) in [6.45, 7) is 13.1. The lowest BCUT2D eigenvalue weighted by Gasteiger charge is -2.34. The van der Waals surface area contributed by atoms with E-state index in [0.717, 1.165) is 63.3 Å². The molecule has 0 aliphatic carbocycles. The van der Waals surface area contributed by atoms with Crippen molar-refractivity contribution < 1.29 is 9.47 Å². The van der Waals surface area contributed by atoms with Gasteiger partial charge < -0.3 is 25.0 Å². The second kappa shape index (κ2) is 11.4. The number of rotatable bonds is 8. The highest BCUT2D eigenvalue weighted by atomic mass is 16.5. The molecule has 0 aromatic heterocycles. The normalized spacial score (nSPS) is 22.4. The van der Waals surface area contributed by atoms with Gasteiger partial charge in [0.2, 0.25) is 0 Å². The number of piperidine rings is 1. The predicted octanol–water partition coefficient (Wildman–Crippen LogP) is 2.82. The number of likely N-dealkylation sites (tertiary alicyclic amines) is 1. The van der Waals surface area contributed by atoms with Crippen molar-refractivity contribution in [3.63, 3.8) is 0 Å². The standard InChI is InChI=1S/C23H38N4O2/c1-4-24-23(25-15-19(3)29-22-7-5-18(2)6-8-22)26-21-9-12-27(13-10-21)16-20-11-14-28-17-20/h5-8,19-21H,4,9-17H2,1-3H3,(H2,24,25,26).